The smallest absolute Gasteiger partial charge is 0.336 e. The molecular formula is C18H19Cl2NO5. The maximum Gasteiger partial charge on any atom is 0.336 e. The number of hydrogen-bond donors (Lipinski definition) is 0. The molecule has 1 aromatic rings. The lowest BCUT2D eigenvalue weighted by atomic mass is 9.80. The third-order valence-corrected chi connectivity index (χ3v) is 4.74. The van der Waals surface area contributed by atoms with E-state index in [2.05, 4.69) is 4.99 Å². The Balaban J connectivity index is 2.42. The van der Waals surface area contributed by atoms with Crippen LogP contribution in [0.5, 0.6) is 5.75 Å². The van der Waals surface area contributed by atoms with Gasteiger partial charge in [0.15, 0.2) is 5.75 Å². The van der Waals surface area contributed by atoms with Crippen LogP contribution in [0, 0.1) is 11.8 Å². The molecular weight excluding hydrogens is 381 g/mol. The second-order valence-corrected chi connectivity index (χ2v) is 6.53. The molecule has 8 heteroatoms. The van der Waals surface area contributed by atoms with Gasteiger partial charge in [-0.2, -0.15) is 0 Å². The minimum absolute atomic E-state index is 0.0299. The lowest BCUT2D eigenvalue weighted by Gasteiger charge is -2.30. The van der Waals surface area contributed by atoms with E-state index in [4.69, 9.17) is 37.4 Å². The number of aliphatic imine (C=N–C) groups is 1. The summed E-state index contributed by atoms with van der Waals surface area (Å²) in [5.74, 6) is -2.24. The fourth-order valence-electron chi connectivity index (χ4n) is 2.96. The van der Waals surface area contributed by atoms with E-state index in [9.17, 15) is 9.59 Å². The lowest BCUT2D eigenvalue weighted by molar-refractivity contribution is -0.145. The molecule has 6 nitrogen and oxygen atoms in total. The molecule has 1 aliphatic heterocycles. The van der Waals surface area contributed by atoms with Gasteiger partial charge in [-0.15, -0.1) is 0 Å². The Labute approximate surface area is 161 Å². The van der Waals surface area contributed by atoms with Crippen molar-refractivity contribution >= 4 is 40.9 Å². The number of allylic oxidation sites excluding steroid dienone is 1. The van der Waals surface area contributed by atoms with Crippen LogP contribution < -0.4 is 4.74 Å². The fraction of sp³-hybridized carbons (Fsp3) is 0.389. The van der Waals surface area contributed by atoms with Crippen LogP contribution in [0.3, 0.4) is 0 Å². The number of hydrogen-bond acceptors (Lipinski definition) is 6. The van der Waals surface area contributed by atoms with Crippen molar-refractivity contribution in [2.75, 3.05) is 20.8 Å². The number of benzene rings is 1. The number of methoxy groups -OCH3 is 2. The van der Waals surface area contributed by atoms with E-state index in [1.54, 1.807) is 32.0 Å². The molecule has 2 unspecified atom stereocenters. The Morgan fingerprint density at radius 2 is 1.73 bits per heavy atom. The Morgan fingerprint density at radius 1 is 1.12 bits per heavy atom. The fourth-order valence-corrected chi connectivity index (χ4v) is 3.47. The van der Waals surface area contributed by atoms with Crippen LogP contribution in [-0.2, 0) is 19.1 Å². The molecule has 0 aliphatic carbocycles. The Morgan fingerprint density at radius 3 is 2.27 bits per heavy atom. The topological polar surface area (TPSA) is 74.2 Å². The van der Waals surface area contributed by atoms with Crippen molar-refractivity contribution in [3.05, 3.63) is 39.5 Å². The molecule has 0 saturated heterocycles. The van der Waals surface area contributed by atoms with Crippen LogP contribution in [0.25, 0.3) is 0 Å². The van der Waals surface area contributed by atoms with Crippen LogP contribution in [0.15, 0.2) is 34.5 Å². The van der Waals surface area contributed by atoms with E-state index >= 15 is 0 Å². The van der Waals surface area contributed by atoms with Gasteiger partial charge in [0.25, 0.3) is 0 Å². The highest BCUT2D eigenvalue weighted by atomic mass is 35.5. The maximum atomic E-state index is 12.3. The number of halogens is 2. The summed E-state index contributed by atoms with van der Waals surface area (Å²) in [4.78, 5) is 28.9. The summed E-state index contributed by atoms with van der Waals surface area (Å²) in [6, 6.07) is 4.96. The van der Waals surface area contributed by atoms with Crippen LogP contribution in [0.2, 0.25) is 10.0 Å². The molecule has 1 heterocycles. The summed E-state index contributed by atoms with van der Waals surface area (Å²) in [5.41, 5.74) is 1.26. The van der Waals surface area contributed by atoms with E-state index in [0.717, 1.165) is 0 Å². The lowest BCUT2D eigenvalue weighted by Crippen LogP contribution is -2.40. The molecule has 2 rings (SSSR count). The number of para-hydroxylation sites is 1. The number of nitrogens with zero attached hydrogens (tertiary/aromatic N) is 1. The molecule has 0 aromatic heterocycles. The molecule has 26 heavy (non-hydrogen) atoms. The first-order chi connectivity index (χ1) is 12.3. The Bertz CT molecular complexity index is 768. The number of ether oxygens (including phenoxy) is 3. The average Bonchev–Trinajstić information content (AvgIpc) is 2.60. The van der Waals surface area contributed by atoms with Gasteiger partial charge in [0, 0.05) is 17.3 Å². The molecule has 2 atom stereocenters. The average molecular weight is 400 g/mol. The van der Waals surface area contributed by atoms with Crippen molar-refractivity contribution in [1.29, 1.82) is 0 Å². The summed E-state index contributed by atoms with van der Waals surface area (Å²) in [6.45, 7) is 3.35. The van der Waals surface area contributed by atoms with Gasteiger partial charge < -0.3 is 14.2 Å². The van der Waals surface area contributed by atoms with Crippen LogP contribution in [0.1, 0.15) is 13.8 Å². The summed E-state index contributed by atoms with van der Waals surface area (Å²) >= 11 is 12.3. The molecule has 0 bridgehead atoms. The highest BCUT2D eigenvalue weighted by Crippen LogP contribution is 2.36. The van der Waals surface area contributed by atoms with Gasteiger partial charge in [-0.3, -0.25) is 9.79 Å². The van der Waals surface area contributed by atoms with Crippen LogP contribution in [0.4, 0.5) is 0 Å². The van der Waals surface area contributed by atoms with Gasteiger partial charge in [-0.25, -0.2) is 4.79 Å². The SMILES string of the molecule is COC(=O)C1=C(C)N=C(C)C(C(=O)OC)C1COc1c(Cl)cccc1Cl. The minimum Gasteiger partial charge on any atom is -0.490 e. The Hall–Kier alpha value is -2.05. The number of carbonyl (C=O) groups is 2. The quantitative estimate of drug-likeness (QED) is 0.705. The van der Waals surface area contributed by atoms with Gasteiger partial charge in [0.1, 0.15) is 5.92 Å². The number of rotatable bonds is 5. The second kappa shape index (κ2) is 8.56. The van der Waals surface area contributed by atoms with Gasteiger partial charge in [-0.05, 0) is 26.0 Å². The molecule has 0 amide bonds. The standard InChI is InChI=1S/C18H19Cl2NO5/c1-9-14(17(22)24-3)11(15(10(2)21-9)18(23)25-4)8-26-16-12(19)6-5-7-13(16)20/h5-7,11,14H,8H2,1-4H3. The summed E-state index contributed by atoms with van der Waals surface area (Å²) in [7, 11) is 2.55. The molecule has 140 valence electrons. The second-order valence-electron chi connectivity index (χ2n) is 5.71. The summed E-state index contributed by atoms with van der Waals surface area (Å²) < 4.78 is 15.5. The van der Waals surface area contributed by atoms with Gasteiger partial charge in [0.05, 0.1) is 36.4 Å². The highest BCUT2D eigenvalue weighted by molar-refractivity contribution is 6.37. The van der Waals surface area contributed by atoms with E-state index in [-0.39, 0.29) is 17.9 Å². The van der Waals surface area contributed by atoms with Crippen molar-refractivity contribution < 1.29 is 23.8 Å². The zero-order chi connectivity index (χ0) is 19.4. The van der Waals surface area contributed by atoms with Gasteiger partial charge in [-0.1, -0.05) is 29.3 Å². The highest BCUT2D eigenvalue weighted by Gasteiger charge is 2.41. The van der Waals surface area contributed by atoms with Crippen molar-refractivity contribution in [2.45, 2.75) is 13.8 Å². The van der Waals surface area contributed by atoms with Crippen molar-refractivity contribution in [3.63, 3.8) is 0 Å². The molecule has 0 radical (unpaired) electrons. The largest absolute Gasteiger partial charge is 0.490 e. The van der Waals surface area contributed by atoms with Crippen molar-refractivity contribution in [1.82, 2.24) is 0 Å². The van der Waals surface area contributed by atoms with E-state index in [0.29, 0.717) is 21.5 Å². The van der Waals surface area contributed by atoms with Gasteiger partial charge in [0.2, 0.25) is 0 Å². The zero-order valence-corrected chi connectivity index (χ0v) is 16.4. The third-order valence-electron chi connectivity index (χ3n) is 4.14. The minimum atomic E-state index is -0.779. The van der Waals surface area contributed by atoms with Crippen LogP contribution >= 0.6 is 23.2 Å². The number of esters is 2. The molecule has 1 aliphatic rings. The van der Waals surface area contributed by atoms with Crippen LogP contribution in [-0.4, -0.2) is 38.5 Å². The predicted molar refractivity (Wildman–Crippen MR) is 98.8 cm³/mol. The van der Waals surface area contributed by atoms with E-state index in [1.807, 2.05) is 0 Å². The molecule has 0 spiro atoms. The summed E-state index contributed by atoms with van der Waals surface area (Å²) in [6.07, 6.45) is 0. The zero-order valence-electron chi connectivity index (χ0n) is 14.8. The molecule has 1 aromatic carbocycles. The Kier molecular flexibility index (Phi) is 6.67. The first kappa shape index (κ1) is 20.3. The normalized spacial score (nSPS) is 19.7. The van der Waals surface area contributed by atoms with E-state index in [1.165, 1.54) is 14.2 Å². The van der Waals surface area contributed by atoms with E-state index < -0.39 is 23.8 Å². The number of carbonyl (C=O) groups excluding carboxylic acids is 2. The van der Waals surface area contributed by atoms with Crippen molar-refractivity contribution in [3.8, 4) is 5.75 Å². The first-order valence-corrected chi connectivity index (χ1v) is 8.56. The molecule has 0 fully saturated rings. The first-order valence-electron chi connectivity index (χ1n) is 7.80. The van der Waals surface area contributed by atoms with Crippen molar-refractivity contribution in [2.24, 2.45) is 16.8 Å². The monoisotopic (exact) mass is 399 g/mol. The maximum absolute atomic E-state index is 12.3. The van der Waals surface area contributed by atoms with Gasteiger partial charge >= 0.3 is 11.9 Å². The molecule has 0 saturated carbocycles. The molecule has 0 N–H and O–H groups in total. The predicted octanol–water partition coefficient (Wildman–Crippen LogP) is 3.70. The third kappa shape index (κ3) is 4.02. The summed E-state index contributed by atoms with van der Waals surface area (Å²) in [5, 5.41) is 0.655.